The van der Waals surface area contributed by atoms with E-state index in [0.717, 1.165) is 30.0 Å². The molecule has 1 aromatic rings. The number of nitrogens with zero attached hydrogens (tertiary/aromatic N) is 1. The Morgan fingerprint density at radius 2 is 1.67 bits per heavy atom. The van der Waals surface area contributed by atoms with Crippen LogP contribution in [0.15, 0.2) is 12.1 Å². The standard InChI is InChI=1S/C15H25NO2/c1-6-16(7-2)13(5)10-18-15-11(3)8-14(17)9-12(15)4/h8-9,13,17H,6-7,10H2,1-5H3. The second-order valence-corrected chi connectivity index (χ2v) is 4.79. The van der Waals surface area contributed by atoms with Gasteiger partial charge in [-0.1, -0.05) is 13.8 Å². The molecule has 0 aliphatic rings. The van der Waals surface area contributed by atoms with Crippen LogP contribution in [0.5, 0.6) is 11.5 Å². The van der Waals surface area contributed by atoms with E-state index in [1.807, 2.05) is 13.8 Å². The van der Waals surface area contributed by atoms with Gasteiger partial charge in [-0.2, -0.15) is 0 Å². The molecule has 0 bridgehead atoms. The third-order valence-corrected chi connectivity index (χ3v) is 3.35. The summed E-state index contributed by atoms with van der Waals surface area (Å²) in [5, 5.41) is 9.50. The second-order valence-electron chi connectivity index (χ2n) is 4.79. The van der Waals surface area contributed by atoms with Crippen molar-refractivity contribution in [1.82, 2.24) is 4.90 Å². The lowest BCUT2D eigenvalue weighted by Crippen LogP contribution is -2.37. The predicted octanol–water partition coefficient (Wildman–Crippen LogP) is 3.12. The number of phenolic OH excluding ortho intramolecular Hbond substituents is 1. The molecule has 0 aliphatic heterocycles. The van der Waals surface area contributed by atoms with Crippen LogP contribution in [0.2, 0.25) is 0 Å². The number of hydrogen-bond donors (Lipinski definition) is 1. The molecule has 1 unspecified atom stereocenters. The molecule has 3 heteroatoms. The Labute approximate surface area is 110 Å². The molecule has 0 aromatic heterocycles. The molecule has 18 heavy (non-hydrogen) atoms. The molecule has 1 atom stereocenters. The Balaban J connectivity index is 2.69. The summed E-state index contributed by atoms with van der Waals surface area (Å²) >= 11 is 0. The smallest absolute Gasteiger partial charge is 0.125 e. The highest BCUT2D eigenvalue weighted by molar-refractivity contribution is 5.45. The number of aromatic hydroxyl groups is 1. The van der Waals surface area contributed by atoms with E-state index in [0.29, 0.717) is 18.4 Å². The molecular weight excluding hydrogens is 226 g/mol. The van der Waals surface area contributed by atoms with Crippen molar-refractivity contribution in [3.8, 4) is 11.5 Å². The van der Waals surface area contributed by atoms with Crippen LogP contribution in [0.25, 0.3) is 0 Å². The Morgan fingerprint density at radius 1 is 1.17 bits per heavy atom. The molecule has 0 saturated carbocycles. The van der Waals surface area contributed by atoms with Crippen molar-refractivity contribution in [3.63, 3.8) is 0 Å². The van der Waals surface area contributed by atoms with E-state index in [1.54, 1.807) is 12.1 Å². The van der Waals surface area contributed by atoms with E-state index in [9.17, 15) is 5.11 Å². The van der Waals surface area contributed by atoms with Crippen molar-refractivity contribution >= 4 is 0 Å². The van der Waals surface area contributed by atoms with E-state index < -0.39 is 0 Å². The van der Waals surface area contributed by atoms with Crippen LogP contribution in [0.1, 0.15) is 31.9 Å². The highest BCUT2D eigenvalue weighted by Gasteiger charge is 2.12. The first-order valence-electron chi connectivity index (χ1n) is 6.66. The van der Waals surface area contributed by atoms with Crippen LogP contribution in [0.4, 0.5) is 0 Å². The van der Waals surface area contributed by atoms with Crippen LogP contribution in [0.3, 0.4) is 0 Å². The molecule has 102 valence electrons. The van der Waals surface area contributed by atoms with Gasteiger partial charge in [0.05, 0.1) is 0 Å². The summed E-state index contributed by atoms with van der Waals surface area (Å²) in [7, 11) is 0. The lowest BCUT2D eigenvalue weighted by molar-refractivity contribution is 0.157. The summed E-state index contributed by atoms with van der Waals surface area (Å²) in [5.41, 5.74) is 1.97. The average molecular weight is 251 g/mol. The predicted molar refractivity (Wildman–Crippen MR) is 75.5 cm³/mol. The normalized spacial score (nSPS) is 12.8. The van der Waals surface area contributed by atoms with Crippen molar-refractivity contribution in [3.05, 3.63) is 23.3 Å². The number of hydrogen-bond acceptors (Lipinski definition) is 3. The van der Waals surface area contributed by atoms with E-state index in [2.05, 4.69) is 25.7 Å². The van der Waals surface area contributed by atoms with Crippen molar-refractivity contribution < 1.29 is 9.84 Å². The molecule has 0 fully saturated rings. The SMILES string of the molecule is CCN(CC)C(C)COc1c(C)cc(O)cc1C. The first-order valence-corrected chi connectivity index (χ1v) is 6.66. The Hall–Kier alpha value is -1.22. The van der Waals surface area contributed by atoms with Gasteiger partial charge in [0, 0.05) is 6.04 Å². The fourth-order valence-corrected chi connectivity index (χ4v) is 2.31. The van der Waals surface area contributed by atoms with Gasteiger partial charge >= 0.3 is 0 Å². The number of likely N-dealkylation sites (N-methyl/N-ethyl adjacent to an activating group) is 1. The molecule has 0 radical (unpaired) electrons. The van der Waals surface area contributed by atoms with E-state index in [1.165, 1.54) is 0 Å². The fraction of sp³-hybridized carbons (Fsp3) is 0.600. The maximum atomic E-state index is 9.50. The minimum absolute atomic E-state index is 0.300. The Kier molecular flexibility index (Phi) is 5.48. The summed E-state index contributed by atoms with van der Waals surface area (Å²) in [6, 6.07) is 3.88. The molecule has 0 amide bonds. The summed E-state index contributed by atoms with van der Waals surface area (Å²) in [6.07, 6.45) is 0. The summed E-state index contributed by atoms with van der Waals surface area (Å²) in [5.74, 6) is 1.20. The first kappa shape index (κ1) is 14.8. The topological polar surface area (TPSA) is 32.7 Å². The zero-order valence-electron chi connectivity index (χ0n) is 12.2. The van der Waals surface area contributed by atoms with Crippen molar-refractivity contribution in [2.24, 2.45) is 0 Å². The molecule has 1 aromatic carbocycles. The van der Waals surface area contributed by atoms with E-state index >= 15 is 0 Å². The van der Waals surface area contributed by atoms with E-state index in [-0.39, 0.29) is 0 Å². The molecule has 0 aliphatic carbocycles. The third-order valence-electron chi connectivity index (χ3n) is 3.35. The maximum absolute atomic E-state index is 9.50. The molecule has 0 heterocycles. The molecule has 0 saturated heterocycles. The van der Waals surface area contributed by atoms with Gasteiger partial charge in [0.2, 0.25) is 0 Å². The number of aryl methyl sites for hydroxylation is 2. The minimum Gasteiger partial charge on any atom is -0.508 e. The second kappa shape index (κ2) is 6.64. The van der Waals surface area contributed by atoms with Crippen molar-refractivity contribution in [2.75, 3.05) is 19.7 Å². The molecule has 1 rings (SSSR count). The monoisotopic (exact) mass is 251 g/mol. The van der Waals surface area contributed by atoms with Crippen molar-refractivity contribution in [1.29, 1.82) is 0 Å². The highest BCUT2D eigenvalue weighted by Crippen LogP contribution is 2.27. The van der Waals surface area contributed by atoms with Crippen LogP contribution in [-0.2, 0) is 0 Å². The van der Waals surface area contributed by atoms with Gasteiger partial charge in [0.1, 0.15) is 18.1 Å². The Bertz CT molecular complexity index is 363. The number of rotatable bonds is 6. The summed E-state index contributed by atoms with van der Waals surface area (Å²) in [4.78, 5) is 2.37. The fourth-order valence-electron chi connectivity index (χ4n) is 2.31. The number of benzene rings is 1. The summed E-state index contributed by atoms with van der Waals surface area (Å²) in [6.45, 7) is 13.2. The van der Waals surface area contributed by atoms with Gasteiger partial charge in [-0.25, -0.2) is 0 Å². The van der Waals surface area contributed by atoms with E-state index in [4.69, 9.17) is 4.74 Å². The van der Waals surface area contributed by atoms with Gasteiger partial charge in [-0.05, 0) is 57.1 Å². The van der Waals surface area contributed by atoms with Gasteiger partial charge in [0.15, 0.2) is 0 Å². The quantitative estimate of drug-likeness (QED) is 0.843. The first-order chi connectivity index (χ1) is 8.49. The zero-order chi connectivity index (χ0) is 13.7. The van der Waals surface area contributed by atoms with Gasteiger partial charge in [-0.15, -0.1) is 0 Å². The maximum Gasteiger partial charge on any atom is 0.125 e. The largest absolute Gasteiger partial charge is 0.508 e. The lowest BCUT2D eigenvalue weighted by Gasteiger charge is -2.26. The third kappa shape index (κ3) is 3.64. The van der Waals surface area contributed by atoms with Crippen LogP contribution >= 0.6 is 0 Å². The summed E-state index contributed by atoms with van der Waals surface area (Å²) < 4.78 is 5.92. The van der Waals surface area contributed by atoms with Crippen LogP contribution in [-0.4, -0.2) is 35.7 Å². The number of ether oxygens (including phenoxy) is 1. The van der Waals surface area contributed by atoms with Gasteiger partial charge < -0.3 is 9.84 Å². The highest BCUT2D eigenvalue weighted by atomic mass is 16.5. The van der Waals surface area contributed by atoms with Gasteiger partial charge in [-0.3, -0.25) is 4.90 Å². The Morgan fingerprint density at radius 3 is 2.11 bits per heavy atom. The zero-order valence-corrected chi connectivity index (χ0v) is 12.2. The van der Waals surface area contributed by atoms with Crippen molar-refractivity contribution in [2.45, 2.75) is 40.7 Å². The lowest BCUT2D eigenvalue weighted by atomic mass is 10.1. The molecule has 1 N–H and O–H groups in total. The van der Waals surface area contributed by atoms with Crippen LogP contribution in [0, 0.1) is 13.8 Å². The minimum atomic E-state index is 0.300. The van der Waals surface area contributed by atoms with Crippen LogP contribution < -0.4 is 4.74 Å². The molecule has 3 nitrogen and oxygen atoms in total. The number of phenols is 1. The molecular formula is C15H25NO2. The molecule has 0 spiro atoms. The van der Waals surface area contributed by atoms with Gasteiger partial charge in [0.25, 0.3) is 0 Å². The average Bonchev–Trinajstić information content (AvgIpc) is 2.29.